The Balaban J connectivity index is 0.000000318. The number of likely N-dealkylation sites (tertiary alicyclic amines) is 1. The predicted octanol–water partition coefficient (Wildman–Crippen LogP) is 6.02. The van der Waals surface area contributed by atoms with E-state index in [4.69, 9.17) is 0 Å². The van der Waals surface area contributed by atoms with Crippen LogP contribution in [0.15, 0.2) is 77.9 Å². The number of aromatic nitrogens is 5. The lowest BCUT2D eigenvalue weighted by Crippen LogP contribution is -2.46. The zero-order chi connectivity index (χ0) is 46.8. The Morgan fingerprint density at radius 2 is 1.61 bits per heavy atom. The van der Waals surface area contributed by atoms with Gasteiger partial charge in [-0.05, 0) is 112 Å². The van der Waals surface area contributed by atoms with Crippen LogP contribution in [0.2, 0.25) is 0 Å². The number of anilines is 1. The number of carbonyl (C=O) groups excluding carboxylic acids is 4. The van der Waals surface area contributed by atoms with Gasteiger partial charge in [-0.1, -0.05) is 18.2 Å². The van der Waals surface area contributed by atoms with E-state index in [0.717, 1.165) is 88.3 Å². The smallest absolute Gasteiger partial charge is 0.329 e. The van der Waals surface area contributed by atoms with E-state index in [0.29, 0.717) is 59.0 Å². The molecule has 6 aromatic rings. The van der Waals surface area contributed by atoms with Crippen LogP contribution in [0.25, 0.3) is 33.1 Å². The van der Waals surface area contributed by atoms with E-state index >= 15 is 4.39 Å². The van der Waals surface area contributed by atoms with Crippen LogP contribution in [0.1, 0.15) is 79.9 Å². The molecule has 0 radical (unpaired) electrons. The molecule has 3 aromatic heterocycles. The van der Waals surface area contributed by atoms with Gasteiger partial charge in [-0.15, -0.1) is 0 Å². The molecule has 1 unspecified atom stereocenters. The van der Waals surface area contributed by atoms with Gasteiger partial charge in [0.15, 0.2) is 0 Å². The summed E-state index contributed by atoms with van der Waals surface area (Å²) in [5.41, 5.74) is 4.63. The lowest BCUT2D eigenvalue weighted by Gasteiger charge is -2.36. The summed E-state index contributed by atoms with van der Waals surface area (Å²) in [6, 6.07) is 17.4. The number of piperazine rings is 1. The third kappa shape index (κ3) is 9.78. The number of fused-ring (bicyclic) bond motifs is 2. The molecule has 1 atom stereocenters. The summed E-state index contributed by atoms with van der Waals surface area (Å²) in [5.74, 6) is -1.51. The van der Waals surface area contributed by atoms with Crippen LogP contribution >= 0.6 is 0 Å². The highest BCUT2D eigenvalue weighted by atomic mass is 19.1. The maximum absolute atomic E-state index is 15.2. The Morgan fingerprint density at radius 3 is 2.31 bits per heavy atom. The van der Waals surface area contributed by atoms with E-state index < -0.39 is 23.5 Å². The summed E-state index contributed by atoms with van der Waals surface area (Å²) >= 11 is 0. The molecular formula is C50H58F2N10O5. The first-order valence-electron chi connectivity index (χ1n) is 23.6. The third-order valence-corrected chi connectivity index (χ3v) is 13.8. The van der Waals surface area contributed by atoms with Crippen molar-refractivity contribution in [3.63, 3.8) is 0 Å². The maximum Gasteiger partial charge on any atom is 0.329 e. The molecule has 4 fully saturated rings. The van der Waals surface area contributed by atoms with Crippen LogP contribution in [0.4, 0.5) is 14.5 Å². The highest BCUT2D eigenvalue weighted by Crippen LogP contribution is 2.34. The van der Waals surface area contributed by atoms with Crippen LogP contribution in [0.3, 0.4) is 0 Å². The first-order valence-corrected chi connectivity index (χ1v) is 23.6. The van der Waals surface area contributed by atoms with E-state index in [1.807, 2.05) is 34.0 Å². The lowest BCUT2D eigenvalue weighted by atomic mass is 10.0. The van der Waals surface area contributed by atoms with Crippen molar-refractivity contribution in [2.24, 2.45) is 7.05 Å². The molecule has 10 rings (SSSR count). The van der Waals surface area contributed by atoms with Crippen LogP contribution in [0, 0.1) is 11.6 Å². The number of aromatic amines is 1. The Morgan fingerprint density at radius 1 is 0.866 bits per heavy atom. The molecule has 352 valence electrons. The van der Waals surface area contributed by atoms with Gasteiger partial charge in [-0.2, -0.15) is 5.10 Å². The molecular weight excluding hydrogens is 859 g/mol. The summed E-state index contributed by atoms with van der Waals surface area (Å²) in [6.45, 7) is 6.68. The van der Waals surface area contributed by atoms with Gasteiger partial charge in [0.2, 0.25) is 17.7 Å². The highest BCUT2D eigenvalue weighted by Gasteiger charge is 2.33. The average Bonchev–Trinajstić information content (AvgIpc) is 3.75. The highest BCUT2D eigenvalue weighted by molar-refractivity contribution is 6.03. The van der Waals surface area contributed by atoms with Crippen molar-refractivity contribution < 1.29 is 28.0 Å². The van der Waals surface area contributed by atoms with Gasteiger partial charge in [-0.25, -0.2) is 13.6 Å². The second-order valence-corrected chi connectivity index (χ2v) is 18.2. The number of nitrogens with zero attached hydrogens (tertiary/aromatic N) is 8. The van der Waals surface area contributed by atoms with E-state index in [-0.39, 0.29) is 42.4 Å². The molecule has 4 aliphatic rings. The topological polar surface area (TPSA) is 154 Å². The van der Waals surface area contributed by atoms with Crippen molar-refractivity contribution in [2.45, 2.75) is 82.8 Å². The molecule has 2 N–H and O–H groups in total. The molecule has 1 aliphatic carbocycles. The standard InChI is InChI=1S/C39H41F2N7O4.C11H17N3O/c1-44(24-9-10-24)38(51)31-22-28-26(11-12-30(41)35(28)42-31)23-5-7-25(8-6-23)47-20-18-46(19-21-47)17-3-4-27-29(40)13-14-32-36(27)45(2)39(52)48(32)33-15-16-34(49)43-37(33)50;15-11(13-7-2-1-3-8-13)5-10-14-9-4-6-12-14/h5-8,11-14,22,24,33,42H,3-4,9-10,15-21H2,1-2H3,(H,43,49,50);4,6,9H,1-3,5,7-8,10H2. The molecule has 15 nitrogen and oxygen atoms in total. The van der Waals surface area contributed by atoms with Gasteiger partial charge >= 0.3 is 5.69 Å². The Labute approximate surface area is 387 Å². The number of rotatable bonds is 12. The first kappa shape index (κ1) is 45.5. The molecule has 3 saturated heterocycles. The Hall–Kier alpha value is -6.62. The molecule has 0 bridgehead atoms. The zero-order valence-corrected chi connectivity index (χ0v) is 38.2. The quantitative estimate of drug-likeness (QED) is 0.142. The van der Waals surface area contributed by atoms with E-state index in [9.17, 15) is 28.4 Å². The normalized spacial score (nSPS) is 18.0. The maximum atomic E-state index is 15.2. The fourth-order valence-electron chi connectivity index (χ4n) is 9.87. The van der Waals surface area contributed by atoms with Gasteiger partial charge in [0.05, 0.1) is 16.6 Å². The lowest BCUT2D eigenvalue weighted by molar-refractivity contribution is -0.136. The number of piperidine rings is 2. The SMILES string of the molecule is CN(C(=O)c1cc2c(-c3ccc(N4CCN(CCCc5c(F)ccc6c5n(C)c(=O)n6C5CCC(=O)NC5=O)CC4)cc3)ccc(F)c2[nH]1)C1CC1.O=C(CCn1cccn1)N1CCCCC1. The number of hydrogen-bond acceptors (Lipinski definition) is 8. The van der Waals surface area contributed by atoms with Gasteiger partial charge in [0.25, 0.3) is 5.91 Å². The molecule has 3 aliphatic heterocycles. The summed E-state index contributed by atoms with van der Waals surface area (Å²) in [4.78, 5) is 73.7. The Bertz CT molecular complexity index is 2830. The van der Waals surface area contributed by atoms with Crippen molar-refractivity contribution in [1.82, 2.24) is 43.9 Å². The second kappa shape index (κ2) is 19.7. The second-order valence-electron chi connectivity index (χ2n) is 18.2. The van der Waals surface area contributed by atoms with Gasteiger partial charge < -0.3 is 19.7 Å². The number of aryl methyl sites for hydroxylation is 3. The number of carbonyl (C=O) groups is 4. The van der Waals surface area contributed by atoms with Crippen molar-refractivity contribution in [2.75, 3.05) is 57.8 Å². The predicted molar refractivity (Wildman–Crippen MR) is 252 cm³/mol. The van der Waals surface area contributed by atoms with Crippen LogP contribution in [0.5, 0.6) is 0 Å². The summed E-state index contributed by atoms with van der Waals surface area (Å²) in [7, 11) is 3.39. The molecule has 17 heteroatoms. The van der Waals surface area contributed by atoms with Crippen molar-refractivity contribution in [3.05, 3.63) is 106 Å². The number of benzene rings is 3. The number of H-pyrrole nitrogens is 1. The first-order chi connectivity index (χ1) is 32.4. The van der Waals surface area contributed by atoms with Gasteiger partial charge in [-0.3, -0.25) is 43.2 Å². The fraction of sp³-hybridized carbons (Fsp3) is 0.440. The number of imide groups is 1. The molecule has 67 heavy (non-hydrogen) atoms. The summed E-state index contributed by atoms with van der Waals surface area (Å²) in [6.07, 6.45) is 11.3. The number of nitrogens with one attached hydrogen (secondary N) is 2. The number of halogens is 2. The summed E-state index contributed by atoms with van der Waals surface area (Å²) in [5, 5.41) is 7.07. The number of hydrogen-bond donors (Lipinski definition) is 2. The molecule has 3 aromatic carbocycles. The van der Waals surface area contributed by atoms with Gasteiger partial charge in [0, 0.05) is 108 Å². The third-order valence-electron chi connectivity index (χ3n) is 13.8. The van der Waals surface area contributed by atoms with E-state index in [1.165, 1.54) is 27.7 Å². The number of imidazole rings is 1. The van der Waals surface area contributed by atoms with E-state index in [2.05, 4.69) is 37.3 Å². The van der Waals surface area contributed by atoms with Crippen molar-refractivity contribution in [3.8, 4) is 11.1 Å². The monoisotopic (exact) mass is 916 g/mol. The number of amides is 4. The van der Waals surface area contributed by atoms with Crippen LogP contribution < -0.4 is 15.9 Å². The molecule has 0 spiro atoms. The largest absolute Gasteiger partial charge is 0.369 e. The Kier molecular flexibility index (Phi) is 13.4. The molecule has 1 saturated carbocycles. The minimum absolute atomic E-state index is 0.128. The minimum atomic E-state index is -0.818. The zero-order valence-electron chi connectivity index (χ0n) is 38.2. The van der Waals surface area contributed by atoms with Gasteiger partial charge in [0.1, 0.15) is 23.4 Å². The van der Waals surface area contributed by atoms with Crippen LogP contribution in [-0.2, 0) is 34.4 Å². The summed E-state index contributed by atoms with van der Waals surface area (Å²) < 4.78 is 34.7. The minimum Gasteiger partial charge on any atom is -0.369 e. The molecule has 6 heterocycles. The van der Waals surface area contributed by atoms with Crippen molar-refractivity contribution >= 4 is 51.3 Å². The fourth-order valence-corrected chi connectivity index (χ4v) is 9.87. The van der Waals surface area contributed by atoms with E-state index in [1.54, 1.807) is 43.4 Å². The van der Waals surface area contributed by atoms with Crippen molar-refractivity contribution in [1.29, 1.82) is 0 Å². The van der Waals surface area contributed by atoms with Crippen LogP contribution in [-0.4, -0.2) is 121 Å². The molecule has 4 amide bonds. The average molecular weight is 917 g/mol.